The van der Waals surface area contributed by atoms with Crippen LogP contribution in [0, 0.1) is 23.7 Å². The molecule has 90 valence electrons. The Balaban J connectivity index is 2.47. The highest BCUT2D eigenvalue weighted by Crippen LogP contribution is 2.19. The van der Waals surface area contributed by atoms with Crippen molar-refractivity contribution in [2.45, 2.75) is 27.2 Å². The van der Waals surface area contributed by atoms with E-state index in [1.54, 1.807) is 13.8 Å². The summed E-state index contributed by atoms with van der Waals surface area (Å²) in [7, 11) is 0. The summed E-state index contributed by atoms with van der Waals surface area (Å²) in [6.07, 6.45) is 0.259. The zero-order valence-corrected chi connectivity index (χ0v) is 10.5. The number of carbonyl (C=O) groups excluding carboxylic acids is 1. The minimum absolute atomic E-state index is 0.0893. The molecule has 0 atom stereocenters. The van der Waals surface area contributed by atoms with Crippen LogP contribution >= 0.6 is 0 Å². The summed E-state index contributed by atoms with van der Waals surface area (Å²) in [5.74, 6) is 0.698. The zero-order chi connectivity index (χ0) is 12.9. The second-order valence-corrected chi connectivity index (χ2v) is 4.52. The van der Waals surface area contributed by atoms with Gasteiger partial charge in [0.05, 0.1) is 12.7 Å². The topological polar surface area (TPSA) is 50.1 Å². The molecule has 1 aromatic carbocycles. The molecule has 3 nitrogen and oxygen atoms in total. The smallest absolute Gasteiger partial charge is 0.155 e. The molecule has 0 radical (unpaired) electrons. The van der Waals surface area contributed by atoms with Gasteiger partial charge in [0.25, 0.3) is 0 Å². The maximum atomic E-state index is 11.7. The Kier molecular flexibility index (Phi) is 4.28. The number of ether oxygens (including phenoxy) is 1. The number of Topliss-reactive ketones (excluding diaryl/α,β-unsaturated/α-hetero) is 1. The molecular formula is C14H17NO2. The fourth-order valence-corrected chi connectivity index (χ4v) is 1.35. The normalized spacial score (nSPS) is 10.7. The Hall–Kier alpha value is -1.82. The van der Waals surface area contributed by atoms with E-state index in [0.29, 0.717) is 6.61 Å². The summed E-state index contributed by atoms with van der Waals surface area (Å²) >= 11 is 0. The summed E-state index contributed by atoms with van der Waals surface area (Å²) < 4.78 is 5.52. The number of ketones is 1. The molecule has 0 saturated carbocycles. The van der Waals surface area contributed by atoms with Crippen molar-refractivity contribution in [1.29, 1.82) is 5.26 Å². The number of rotatable bonds is 5. The van der Waals surface area contributed by atoms with Gasteiger partial charge in [-0.2, -0.15) is 5.26 Å². The monoisotopic (exact) mass is 231 g/mol. The molecule has 0 spiro atoms. The number of nitriles is 1. The molecule has 0 heterocycles. The highest BCUT2D eigenvalue weighted by molar-refractivity contribution is 5.86. The number of nitrogens with zero attached hydrogens (tertiary/aromatic N) is 1. The van der Waals surface area contributed by atoms with Crippen LogP contribution in [0.5, 0.6) is 5.75 Å². The van der Waals surface area contributed by atoms with Crippen LogP contribution in [-0.2, 0) is 4.79 Å². The van der Waals surface area contributed by atoms with Crippen LogP contribution in [0.25, 0.3) is 0 Å². The van der Waals surface area contributed by atoms with Gasteiger partial charge in [-0.25, -0.2) is 0 Å². The molecule has 0 amide bonds. The van der Waals surface area contributed by atoms with Crippen molar-refractivity contribution < 1.29 is 9.53 Å². The predicted molar refractivity (Wildman–Crippen MR) is 65.7 cm³/mol. The second-order valence-electron chi connectivity index (χ2n) is 4.52. The summed E-state index contributed by atoms with van der Waals surface area (Å²) in [6, 6.07) is 9.65. The van der Waals surface area contributed by atoms with Gasteiger partial charge in [-0.1, -0.05) is 18.2 Å². The van der Waals surface area contributed by atoms with Crippen molar-refractivity contribution in [1.82, 2.24) is 0 Å². The first kappa shape index (κ1) is 13.2. The highest BCUT2D eigenvalue weighted by atomic mass is 16.5. The average molecular weight is 231 g/mol. The van der Waals surface area contributed by atoms with Crippen LogP contribution in [0.1, 0.15) is 25.8 Å². The first-order valence-corrected chi connectivity index (χ1v) is 5.60. The van der Waals surface area contributed by atoms with E-state index in [-0.39, 0.29) is 12.2 Å². The quantitative estimate of drug-likeness (QED) is 0.782. The molecule has 17 heavy (non-hydrogen) atoms. The van der Waals surface area contributed by atoms with Gasteiger partial charge in [0, 0.05) is 6.42 Å². The van der Waals surface area contributed by atoms with Crippen molar-refractivity contribution in [2.75, 3.05) is 6.61 Å². The van der Waals surface area contributed by atoms with E-state index < -0.39 is 5.41 Å². The largest absolute Gasteiger partial charge is 0.493 e. The van der Waals surface area contributed by atoms with Gasteiger partial charge >= 0.3 is 0 Å². The van der Waals surface area contributed by atoms with E-state index in [0.717, 1.165) is 11.3 Å². The van der Waals surface area contributed by atoms with Crippen molar-refractivity contribution in [3.05, 3.63) is 29.8 Å². The summed E-state index contributed by atoms with van der Waals surface area (Å²) in [6.45, 7) is 5.53. The Morgan fingerprint density at radius 1 is 1.41 bits per heavy atom. The van der Waals surface area contributed by atoms with Crippen molar-refractivity contribution >= 4 is 5.78 Å². The van der Waals surface area contributed by atoms with E-state index in [9.17, 15) is 4.79 Å². The van der Waals surface area contributed by atoms with Gasteiger partial charge in [-0.05, 0) is 32.4 Å². The lowest BCUT2D eigenvalue weighted by atomic mass is 9.88. The van der Waals surface area contributed by atoms with Crippen molar-refractivity contribution in [3.63, 3.8) is 0 Å². The minimum atomic E-state index is -0.922. The fraction of sp³-hybridized carbons (Fsp3) is 0.429. The lowest BCUT2D eigenvalue weighted by Gasteiger charge is -2.14. The van der Waals surface area contributed by atoms with Gasteiger partial charge in [0.2, 0.25) is 0 Å². The third-order valence-corrected chi connectivity index (χ3v) is 2.66. The number of para-hydroxylation sites is 1. The van der Waals surface area contributed by atoms with E-state index >= 15 is 0 Å². The van der Waals surface area contributed by atoms with E-state index in [2.05, 4.69) is 0 Å². The van der Waals surface area contributed by atoms with Crippen molar-refractivity contribution in [2.24, 2.45) is 5.41 Å². The molecule has 1 aromatic rings. The van der Waals surface area contributed by atoms with Crippen molar-refractivity contribution in [3.8, 4) is 11.8 Å². The molecule has 0 fully saturated rings. The van der Waals surface area contributed by atoms with Crippen LogP contribution in [0.2, 0.25) is 0 Å². The first-order valence-electron chi connectivity index (χ1n) is 5.60. The minimum Gasteiger partial charge on any atom is -0.493 e. The zero-order valence-electron chi connectivity index (χ0n) is 10.5. The Morgan fingerprint density at radius 3 is 2.65 bits per heavy atom. The number of aryl methyl sites for hydroxylation is 1. The Labute approximate surface area is 102 Å². The van der Waals surface area contributed by atoms with E-state index in [4.69, 9.17) is 10.00 Å². The van der Waals surface area contributed by atoms with Gasteiger partial charge < -0.3 is 4.74 Å². The third kappa shape index (κ3) is 3.60. The lowest BCUT2D eigenvalue weighted by Crippen LogP contribution is -2.23. The standard InChI is InChI=1S/C14H17NO2/c1-11-6-4-5-7-12(11)17-9-8-13(16)14(2,3)10-15/h4-7H,8-9H2,1-3H3. The molecule has 0 unspecified atom stereocenters. The Bertz CT molecular complexity index is 444. The third-order valence-electron chi connectivity index (χ3n) is 2.66. The van der Waals surface area contributed by atoms with Crippen LogP contribution < -0.4 is 4.74 Å². The molecule has 0 N–H and O–H groups in total. The molecule has 1 rings (SSSR count). The number of hydrogen-bond acceptors (Lipinski definition) is 3. The number of benzene rings is 1. The number of hydrogen-bond donors (Lipinski definition) is 0. The summed E-state index contributed by atoms with van der Waals surface area (Å²) in [5, 5.41) is 8.81. The van der Waals surface area contributed by atoms with E-state index in [1.807, 2.05) is 37.3 Å². The predicted octanol–water partition coefficient (Wildman–Crippen LogP) is 2.88. The van der Waals surface area contributed by atoms with Crippen LogP contribution in [0.4, 0.5) is 0 Å². The van der Waals surface area contributed by atoms with Gasteiger partial charge in [0.15, 0.2) is 5.78 Å². The Morgan fingerprint density at radius 2 is 2.06 bits per heavy atom. The molecule has 3 heteroatoms. The average Bonchev–Trinajstić information content (AvgIpc) is 2.31. The number of carbonyl (C=O) groups is 1. The maximum Gasteiger partial charge on any atom is 0.155 e. The maximum absolute atomic E-state index is 11.7. The fourth-order valence-electron chi connectivity index (χ4n) is 1.35. The lowest BCUT2D eigenvalue weighted by molar-refractivity contribution is -0.125. The molecule has 0 saturated heterocycles. The second kappa shape index (κ2) is 5.49. The van der Waals surface area contributed by atoms with Gasteiger partial charge in [0.1, 0.15) is 11.2 Å². The van der Waals surface area contributed by atoms with Gasteiger partial charge in [-0.3, -0.25) is 4.79 Å². The molecule has 0 aromatic heterocycles. The van der Waals surface area contributed by atoms with Crippen LogP contribution in [-0.4, -0.2) is 12.4 Å². The SMILES string of the molecule is Cc1ccccc1OCCC(=O)C(C)(C)C#N. The summed E-state index contributed by atoms with van der Waals surface area (Å²) in [5.41, 5.74) is 0.120. The van der Waals surface area contributed by atoms with Crippen LogP contribution in [0.3, 0.4) is 0 Å². The molecule has 0 aliphatic rings. The summed E-state index contributed by atoms with van der Waals surface area (Å²) in [4.78, 5) is 11.7. The first-order chi connectivity index (χ1) is 7.97. The van der Waals surface area contributed by atoms with E-state index in [1.165, 1.54) is 0 Å². The van der Waals surface area contributed by atoms with Gasteiger partial charge in [-0.15, -0.1) is 0 Å². The molecule has 0 bridgehead atoms. The highest BCUT2D eigenvalue weighted by Gasteiger charge is 2.26. The molecular weight excluding hydrogens is 214 g/mol. The van der Waals surface area contributed by atoms with Crippen LogP contribution in [0.15, 0.2) is 24.3 Å². The molecule has 0 aliphatic heterocycles. The molecule has 0 aliphatic carbocycles.